The lowest BCUT2D eigenvalue weighted by atomic mass is 9.95. The molecule has 2 aromatic rings. The third kappa shape index (κ3) is 3.80. The Labute approximate surface area is 128 Å². The molecule has 0 saturated heterocycles. The molecule has 2 rings (SSSR count). The number of nitrogens with one attached hydrogen (secondary N) is 1. The minimum atomic E-state index is -0.388. The van der Waals surface area contributed by atoms with E-state index in [1.165, 1.54) is 17.7 Å². The molecule has 0 aliphatic rings. The minimum Gasteiger partial charge on any atom is -0.313 e. The zero-order valence-corrected chi connectivity index (χ0v) is 12.7. The van der Waals surface area contributed by atoms with Crippen molar-refractivity contribution in [1.29, 1.82) is 0 Å². The van der Waals surface area contributed by atoms with Crippen molar-refractivity contribution in [3.8, 4) is 0 Å². The number of nitro groups is 1. The molecule has 5 heteroatoms. The lowest BCUT2D eigenvalue weighted by Gasteiger charge is -2.19. The van der Waals surface area contributed by atoms with Gasteiger partial charge >= 0.3 is 0 Å². The fraction of sp³-hybridized carbons (Fsp3) is 0.250. The third-order valence-corrected chi connectivity index (χ3v) is 3.79. The van der Waals surface area contributed by atoms with Crippen molar-refractivity contribution in [1.82, 2.24) is 5.32 Å². The summed E-state index contributed by atoms with van der Waals surface area (Å²) >= 11 is 6.07. The number of non-ortho nitro benzene ring substituents is 1. The molecule has 110 valence electrons. The SMILES string of the molecule is CNC(Cc1ccc([N+](=O)[O-])cc1)c1cc(Cl)ccc1C. The molecule has 2 aromatic carbocycles. The van der Waals surface area contributed by atoms with Gasteiger partial charge in [0.05, 0.1) is 4.92 Å². The number of hydrogen-bond acceptors (Lipinski definition) is 3. The number of hydrogen-bond donors (Lipinski definition) is 1. The van der Waals surface area contributed by atoms with Crippen LogP contribution in [0.3, 0.4) is 0 Å². The maximum atomic E-state index is 10.7. The fourth-order valence-electron chi connectivity index (χ4n) is 2.34. The summed E-state index contributed by atoms with van der Waals surface area (Å²) in [5, 5.41) is 14.7. The van der Waals surface area contributed by atoms with Crippen LogP contribution in [0.5, 0.6) is 0 Å². The first kappa shape index (κ1) is 15.5. The number of likely N-dealkylation sites (N-methyl/N-ethyl adjacent to an activating group) is 1. The van der Waals surface area contributed by atoms with Gasteiger partial charge in [-0.1, -0.05) is 29.8 Å². The molecule has 0 aliphatic heterocycles. The second-order valence-electron chi connectivity index (χ2n) is 4.97. The van der Waals surface area contributed by atoms with Crippen LogP contribution in [0, 0.1) is 17.0 Å². The zero-order valence-electron chi connectivity index (χ0n) is 12.0. The largest absolute Gasteiger partial charge is 0.313 e. The van der Waals surface area contributed by atoms with E-state index in [0.717, 1.165) is 17.5 Å². The van der Waals surface area contributed by atoms with Crippen LogP contribution in [0.2, 0.25) is 5.02 Å². The molecule has 0 bridgehead atoms. The van der Waals surface area contributed by atoms with Gasteiger partial charge in [-0.25, -0.2) is 0 Å². The van der Waals surface area contributed by atoms with E-state index in [4.69, 9.17) is 11.6 Å². The van der Waals surface area contributed by atoms with Gasteiger partial charge in [0.25, 0.3) is 5.69 Å². The van der Waals surface area contributed by atoms with Gasteiger partial charge in [0.2, 0.25) is 0 Å². The number of halogens is 1. The Hall–Kier alpha value is -1.91. The molecule has 0 fully saturated rings. The van der Waals surface area contributed by atoms with Crippen molar-refractivity contribution in [2.24, 2.45) is 0 Å². The average molecular weight is 305 g/mol. The van der Waals surface area contributed by atoms with E-state index in [0.29, 0.717) is 5.02 Å². The number of nitrogens with zero attached hydrogens (tertiary/aromatic N) is 1. The highest BCUT2D eigenvalue weighted by atomic mass is 35.5. The van der Waals surface area contributed by atoms with Crippen molar-refractivity contribution in [3.63, 3.8) is 0 Å². The first-order chi connectivity index (χ1) is 10.0. The highest BCUT2D eigenvalue weighted by molar-refractivity contribution is 6.30. The minimum absolute atomic E-state index is 0.110. The Morgan fingerprint density at radius 1 is 1.24 bits per heavy atom. The zero-order chi connectivity index (χ0) is 15.4. The highest BCUT2D eigenvalue weighted by Crippen LogP contribution is 2.25. The Morgan fingerprint density at radius 2 is 1.90 bits per heavy atom. The van der Waals surface area contributed by atoms with Gasteiger partial charge in [0.15, 0.2) is 0 Å². The summed E-state index contributed by atoms with van der Waals surface area (Å²) in [5.74, 6) is 0. The molecule has 0 amide bonds. The van der Waals surface area contributed by atoms with Gasteiger partial charge in [-0.3, -0.25) is 10.1 Å². The number of nitro benzene ring substituents is 1. The molecule has 1 atom stereocenters. The van der Waals surface area contributed by atoms with Gasteiger partial charge in [-0.15, -0.1) is 0 Å². The second-order valence-corrected chi connectivity index (χ2v) is 5.41. The van der Waals surface area contributed by atoms with Gasteiger partial charge in [-0.2, -0.15) is 0 Å². The summed E-state index contributed by atoms with van der Waals surface area (Å²) in [7, 11) is 1.90. The summed E-state index contributed by atoms with van der Waals surface area (Å²) in [6, 6.07) is 12.6. The van der Waals surface area contributed by atoms with Crippen LogP contribution in [-0.4, -0.2) is 12.0 Å². The van der Waals surface area contributed by atoms with Gasteiger partial charge in [0.1, 0.15) is 0 Å². The first-order valence-corrected chi connectivity index (χ1v) is 7.05. The lowest BCUT2D eigenvalue weighted by Crippen LogP contribution is -2.19. The van der Waals surface area contributed by atoms with Gasteiger partial charge < -0.3 is 5.32 Å². The normalized spacial score (nSPS) is 12.1. The molecule has 0 radical (unpaired) electrons. The second kappa shape index (κ2) is 6.70. The van der Waals surface area contributed by atoms with Crippen LogP contribution in [0.15, 0.2) is 42.5 Å². The topological polar surface area (TPSA) is 55.2 Å². The molecule has 1 unspecified atom stereocenters. The van der Waals surface area contributed by atoms with E-state index in [9.17, 15) is 10.1 Å². The van der Waals surface area contributed by atoms with Crippen molar-refractivity contribution >= 4 is 17.3 Å². The fourth-order valence-corrected chi connectivity index (χ4v) is 2.52. The summed E-state index contributed by atoms with van der Waals surface area (Å²) in [4.78, 5) is 10.3. The monoisotopic (exact) mass is 304 g/mol. The Morgan fingerprint density at radius 3 is 2.48 bits per heavy atom. The van der Waals surface area contributed by atoms with Crippen LogP contribution in [0.1, 0.15) is 22.7 Å². The smallest absolute Gasteiger partial charge is 0.269 e. The number of aryl methyl sites for hydroxylation is 1. The summed E-state index contributed by atoms with van der Waals surface area (Å²) < 4.78 is 0. The molecule has 0 aromatic heterocycles. The van der Waals surface area contributed by atoms with Crippen molar-refractivity contribution in [2.75, 3.05) is 7.05 Å². The highest BCUT2D eigenvalue weighted by Gasteiger charge is 2.14. The third-order valence-electron chi connectivity index (χ3n) is 3.55. The maximum absolute atomic E-state index is 10.7. The lowest BCUT2D eigenvalue weighted by molar-refractivity contribution is -0.384. The predicted octanol–water partition coefficient (Wildman–Crippen LogP) is 4.06. The van der Waals surface area contributed by atoms with E-state index in [1.807, 2.05) is 32.2 Å². The van der Waals surface area contributed by atoms with Crippen LogP contribution in [0.25, 0.3) is 0 Å². The Kier molecular flexibility index (Phi) is 4.94. The maximum Gasteiger partial charge on any atom is 0.269 e. The Balaban J connectivity index is 2.22. The van der Waals surface area contributed by atoms with Gasteiger partial charge in [-0.05, 0) is 49.2 Å². The summed E-state index contributed by atoms with van der Waals surface area (Å²) in [6.07, 6.45) is 0.746. The Bertz CT molecular complexity index is 641. The van der Waals surface area contributed by atoms with Crippen molar-refractivity contribution in [2.45, 2.75) is 19.4 Å². The van der Waals surface area contributed by atoms with E-state index in [-0.39, 0.29) is 16.7 Å². The molecule has 0 heterocycles. The summed E-state index contributed by atoms with van der Waals surface area (Å²) in [6.45, 7) is 2.05. The van der Waals surface area contributed by atoms with Gasteiger partial charge in [0, 0.05) is 23.2 Å². The van der Waals surface area contributed by atoms with Crippen molar-refractivity contribution in [3.05, 3.63) is 74.3 Å². The molecule has 21 heavy (non-hydrogen) atoms. The number of benzene rings is 2. The average Bonchev–Trinajstić information content (AvgIpc) is 2.48. The van der Waals surface area contributed by atoms with E-state index in [2.05, 4.69) is 5.32 Å². The molecule has 0 aliphatic carbocycles. The van der Waals surface area contributed by atoms with E-state index in [1.54, 1.807) is 12.1 Å². The van der Waals surface area contributed by atoms with Crippen LogP contribution < -0.4 is 5.32 Å². The van der Waals surface area contributed by atoms with Crippen LogP contribution in [-0.2, 0) is 6.42 Å². The van der Waals surface area contributed by atoms with Crippen molar-refractivity contribution < 1.29 is 4.92 Å². The molecular formula is C16H17ClN2O2. The summed E-state index contributed by atoms with van der Waals surface area (Å²) in [5.41, 5.74) is 3.46. The molecule has 4 nitrogen and oxygen atoms in total. The molecule has 0 spiro atoms. The van der Waals surface area contributed by atoms with Crippen LogP contribution >= 0.6 is 11.6 Å². The van der Waals surface area contributed by atoms with E-state index < -0.39 is 0 Å². The van der Waals surface area contributed by atoms with E-state index >= 15 is 0 Å². The van der Waals surface area contributed by atoms with Crippen LogP contribution in [0.4, 0.5) is 5.69 Å². The standard InChI is InChI=1S/C16H17ClN2O2/c1-11-3-6-13(17)10-15(11)16(18-2)9-12-4-7-14(8-5-12)19(20)21/h3-8,10,16,18H,9H2,1-2H3. The quantitative estimate of drug-likeness (QED) is 0.669. The number of rotatable bonds is 5. The first-order valence-electron chi connectivity index (χ1n) is 6.68. The molecule has 0 saturated carbocycles. The molecule has 1 N–H and O–H groups in total. The predicted molar refractivity (Wildman–Crippen MR) is 84.8 cm³/mol. The molecular weight excluding hydrogens is 288 g/mol.